The first-order chi connectivity index (χ1) is 9.10. The zero-order chi connectivity index (χ0) is 15.5. The predicted molar refractivity (Wildman–Crippen MR) is 80.6 cm³/mol. The van der Waals surface area contributed by atoms with Gasteiger partial charge < -0.3 is 15.0 Å². The molecule has 20 heavy (non-hydrogen) atoms. The maximum absolute atomic E-state index is 12.0. The van der Waals surface area contributed by atoms with Gasteiger partial charge in [0.25, 0.3) is 5.91 Å². The molecular formula is C14H21BrN2O3. The number of carbonyl (C=O) groups excluding carboxylic acids is 1. The number of rotatable bonds is 5. The van der Waals surface area contributed by atoms with Crippen LogP contribution >= 0.6 is 15.9 Å². The van der Waals surface area contributed by atoms with Crippen LogP contribution in [0.3, 0.4) is 0 Å². The fraction of sp³-hybridized carbons (Fsp3) is 0.571. The summed E-state index contributed by atoms with van der Waals surface area (Å²) in [5.41, 5.74) is 0.402. The van der Waals surface area contributed by atoms with Crippen molar-refractivity contribution in [2.45, 2.75) is 27.2 Å². The Morgan fingerprint density at radius 3 is 2.45 bits per heavy atom. The molecule has 0 aliphatic carbocycles. The second-order valence-electron chi connectivity index (χ2n) is 6.16. The number of aryl methyl sites for hydroxylation is 1. The van der Waals surface area contributed by atoms with Crippen LogP contribution in [0.5, 0.6) is 0 Å². The van der Waals surface area contributed by atoms with E-state index < -0.39 is 11.9 Å². The van der Waals surface area contributed by atoms with E-state index in [1.807, 2.05) is 20.8 Å². The second-order valence-corrected chi connectivity index (χ2v) is 7.08. The Morgan fingerprint density at radius 1 is 1.45 bits per heavy atom. The number of hydrogen-bond acceptors (Lipinski definition) is 2. The lowest BCUT2D eigenvalue weighted by atomic mass is 9.84. The topological polar surface area (TPSA) is 71.3 Å². The second kappa shape index (κ2) is 6.43. The van der Waals surface area contributed by atoms with Crippen molar-refractivity contribution in [3.8, 4) is 0 Å². The molecule has 1 rings (SSSR count). The van der Waals surface area contributed by atoms with Crippen molar-refractivity contribution in [1.82, 2.24) is 9.88 Å². The largest absolute Gasteiger partial charge is 0.481 e. The zero-order valence-electron chi connectivity index (χ0n) is 12.2. The molecule has 6 heteroatoms. The molecule has 112 valence electrons. The Balaban J connectivity index is 2.66. The highest BCUT2D eigenvalue weighted by molar-refractivity contribution is 9.10. The molecule has 1 unspecified atom stereocenters. The normalized spacial score (nSPS) is 13.1. The van der Waals surface area contributed by atoms with Gasteiger partial charge in [0.1, 0.15) is 5.69 Å². The molecule has 0 spiro atoms. The summed E-state index contributed by atoms with van der Waals surface area (Å²) in [6.45, 7) is 6.09. The van der Waals surface area contributed by atoms with Gasteiger partial charge in [0.15, 0.2) is 0 Å². The van der Waals surface area contributed by atoms with E-state index in [0.29, 0.717) is 12.1 Å². The molecule has 1 aromatic rings. The summed E-state index contributed by atoms with van der Waals surface area (Å²) >= 11 is 3.30. The van der Waals surface area contributed by atoms with E-state index in [1.165, 1.54) is 0 Å². The van der Waals surface area contributed by atoms with Gasteiger partial charge in [0, 0.05) is 24.3 Å². The Labute approximate surface area is 127 Å². The molecule has 0 radical (unpaired) electrons. The van der Waals surface area contributed by atoms with Crippen LogP contribution in [-0.2, 0) is 11.8 Å². The van der Waals surface area contributed by atoms with E-state index in [-0.39, 0.29) is 17.9 Å². The Hall–Kier alpha value is -1.30. The molecule has 0 aromatic carbocycles. The predicted octanol–water partition coefficient (Wildman–Crippen LogP) is 2.65. The number of halogens is 1. The number of aliphatic carboxylic acids is 1. The number of nitrogens with zero attached hydrogens (tertiary/aromatic N) is 1. The van der Waals surface area contributed by atoms with Gasteiger partial charge in [-0.25, -0.2) is 0 Å². The SMILES string of the molecule is Cn1cc(Br)cc1C(=O)NCC(CC(C)(C)C)C(=O)O. The van der Waals surface area contributed by atoms with Crippen molar-refractivity contribution < 1.29 is 14.7 Å². The number of amides is 1. The first-order valence-electron chi connectivity index (χ1n) is 6.43. The average Bonchev–Trinajstić information content (AvgIpc) is 2.61. The Kier molecular flexibility index (Phi) is 5.39. The summed E-state index contributed by atoms with van der Waals surface area (Å²) in [5, 5.41) is 11.9. The van der Waals surface area contributed by atoms with Crippen LogP contribution in [0.2, 0.25) is 0 Å². The third-order valence-corrected chi connectivity index (χ3v) is 3.35. The van der Waals surface area contributed by atoms with Gasteiger partial charge in [-0.05, 0) is 33.8 Å². The van der Waals surface area contributed by atoms with E-state index in [9.17, 15) is 14.7 Å². The molecule has 1 heterocycles. The number of aromatic nitrogens is 1. The maximum Gasteiger partial charge on any atom is 0.308 e. The van der Waals surface area contributed by atoms with Crippen LogP contribution in [0.4, 0.5) is 0 Å². The number of carbonyl (C=O) groups is 2. The van der Waals surface area contributed by atoms with Crippen LogP contribution in [0, 0.1) is 11.3 Å². The van der Waals surface area contributed by atoms with Crippen LogP contribution in [0.15, 0.2) is 16.7 Å². The number of carboxylic acids is 1. The lowest BCUT2D eigenvalue weighted by Crippen LogP contribution is -2.35. The van der Waals surface area contributed by atoms with Crippen molar-refractivity contribution in [2.75, 3.05) is 6.54 Å². The molecule has 0 aliphatic heterocycles. The van der Waals surface area contributed by atoms with E-state index in [1.54, 1.807) is 23.9 Å². The summed E-state index contributed by atoms with van der Waals surface area (Å²) in [7, 11) is 1.77. The van der Waals surface area contributed by atoms with Crippen molar-refractivity contribution in [1.29, 1.82) is 0 Å². The van der Waals surface area contributed by atoms with E-state index in [4.69, 9.17) is 0 Å². The third kappa shape index (κ3) is 5.00. The summed E-state index contributed by atoms with van der Waals surface area (Å²) < 4.78 is 2.51. The molecule has 0 fully saturated rings. The minimum atomic E-state index is -0.881. The summed E-state index contributed by atoms with van der Waals surface area (Å²) in [5.74, 6) is -1.73. The third-order valence-electron chi connectivity index (χ3n) is 2.92. The molecule has 1 aromatic heterocycles. The van der Waals surface area contributed by atoms with Crippen molar-refractivity contribution in [3.63, 3.8) is 0 Å². The van der Waals surface area contributed by atoms with Gasteiger partial charge >= 0.3 is 5.97 Å². The zero-order valence-corrected chi connectivity index (χ0v) is 13.8. The van der Waals surface area contributed by atoms with Crippen LogP contribution in [0.1, 0.15) is 37.7 Å². The van der Waals surface area contributed by atoms with E-state index >= 15 is 0 Å². The monoisotopic (exact) mass is 344 g/mol. The van der Waals surface area contributed by atoms with E-state index in [0.717, 1.165) is 4.47 Å². The van der Waals surface area contributed by atoms with Crippen molar-refractivity contribution in [2.24, 2.45) is 18.4 Å². The number of hydrogen-bond donors (Lipinski definition) is 2. The lowest BCUT2D eigenvalue weighted by molar-refractivity contribution is -0.142. The molecule has 1 amide bonds. The summed E-state index contributed by atoms with van der Waals surface area (Å²) in [4.78, 5) is 23.3. The fourth-order valence-corrected chi connectivity index (χ4v) is 2.57. The number of nitrogens with one attached hydrogen (secondary N) is 1. The molecule has 0 saturated carbocycles. The van der Waals surface area contributed by atoms with Crippen LogP contribution in [-0.4, -0.2) is 28.1 Å². The van der Waals surface area contributed by atoms with E-state index in [2.05, 4.69) is 21.2 Å². The highest BCUT2D eigenvalue weighted by atomic mass is 79.9. The minimum Gasteiger partial charge on any atom is -0.481 e. The molecule has 0 bridgehead atoms. The first kappa shape index (κ1) is 16.8. The molecule has 0 aliphatic rings. The molecule has 2 N–H and O–H groups in total. The highest BCUT2D eigenvalue weighted by Gasteiger charge is 2.25. The van der Waals surface area contributed by atoms with Crippen LogP contribution in [0.25, 0.3) is 0 Å². The molecular weight excluding hydrogens is 324 g/mol. The quantitative estimate of drug-likeness (QED) is 0.862. The fourth-order valence-electron chi connectivity index (χ4n) is 2.04. The smallest absolute Gasteiger partial charge is 0.308 e. The molecule has 1 atom stereocenters. The van der Waals surface area contributed by atoms with Gasteiger partial charge in [-0.2, -0.15) is 0 Å². The summed E-state index contributed by atoms with van der Waals surface area (Å²) in [6, 6.07) is 1.70. The highest BCUT2D eigenvalue weighted by Crippen LogP contribution is 2.24. The van der Waals surface area contributed by atoms with Crippen molar-refractivity contribution in [3.05, 3.63) is 22.4 Å². The van der Waals surface area contributed by atoms with Gasteiger partial charge in [0.05, 0.1) is 5.92 Å². The van der Waals surface area contributed by atoms with Gasteiger partial charge in [-0.3, -0.25) is 9.59 Å². The number of carboxylic acid groups (broad SMARTS) is 1. The Morgan fingerprint density at radius 2 is 2.05 bits per heavy atom. The van der Waals surface area contributed by atoms with Crippen molar-refractivity contribution >= 4 is 27.8 Å². The maximum atomic E-state index is 12.0. The first-order valence-corrected chi connectivity index (χ1v) is 7.22. The van der Waals surface area contributed by atoms with Gasteiger partial charge in [-0.1, -0.05) is 20.8 Å². The van der Waals surface area contributed by atoms with Gasteiger partial charge in [-0.15, -0.1) is 0 Å². The van der Waals surface area contributed by atoms with Gasteiger partial charge in [0.2, 0.25) is 0 Å². The lowest BCUT2D eigenvalue weighted by Gasteiger charge is -2.23. The molecule has 0 saturated heterocycles. The minimum absolute atomic E-state index is 0.0955. The average molecular weight is 345 g/mol. The molecule has 5 nitrogen and oxygen atoms in total. The van der Waals surface area contributed by atoms with Crippen LogP contribution < -0.4 is 5.32 Å². The standard InChI is InChI=1S/C14H21BrN2O3/c1-14(2,3)6-9(13(19)20)7-16-12(18)11-5-10(15)8-17(11)4/h5,8-9H,6-7H2,1-4H3,(H,16,18)(H,19,20). The summed E-state index contributed by atoms with van der Waals surface area (Å²) in [6.07, 6.45) is 2.29. The Bertz CT molecular complexity index is 503.